The number of nitrogens with zero attached hydrogens (tertiary/aromatic N) is 1. The molecule has 4 rings (SSSR count). The number of ether oxygens (including phenoxy) is 2. The van der Waals surface area contributed by atoms with Crippen molar-refractivity contribution < 1.29 is 14.6 Å². The van der Waals surface area contributed by atoms with Gasteiger partial charge < -0.3 is 14.6 Å². The molecule has 1 heterocycles. The molecule has 0 bridgehead atoms. The Balaban J connectivity index is 1.37. The SMILES string of the molecule is Cc1cc(C)c(C)c(OCC2(O)COCCN(C3CCC(c4ccccc4)CC3)C2)c1. The van der Waals surface area contributed by atoms with Crippen LogP contribution in [0.25, 0.3) is 0 Å². The van der Waals surface area contributed by atoms with Crippen LogP contribution in [0.2, 0.25) is 0 Å². The highest BCUT2D eigenvalue weighted by Crippen LogP contribution is 2.35. The second kappa shape index (κ2) is 9.72. The lowest BCUT2D eigenvalue weighted by atomic mass is 9.81. The number of hydrogen-bond acceptors (Lipinski definition) is 4. The van der Waals surface area contributed by atoms with E-state index in [0.717, 1.165) is 17.9 Å². The second-order valence-corrected chi connectivity index (χ2v) is 9.66. The van der Waals surface area contributed by atoms with Crippen LogP contribution in [0.4, 0.5) is 0 Å². The van der Waals surface area contributed by atoms with Crippen LogP contribution in [0.1, 0.15) is 53.9 Å². The Morgan fingerprint density at radius 1 is 1.06 bits per heavy atom. The first kappa shape index (κ1) is 22.3. The van der Waals surface area contributed by atoms with Crippen molar-refractivity contribution in [2.45, 2.75) is 64.0 Å². The third kappa shape index (κ3) is 5.49. The van der Waals surface area contributed by atoms with Gasteiger partial charge >= 0.3 is 0 Å². The molecule has 4 nitrogen and oxygen atoms in total. The van der Waals surface area contributed by atoms with Crippen LogP contribution >= 0.6 is 0 Å². The zero-order valence-electron chi connectivity index (χ0n) is 19.3. The molecule has 2 fully saturated rings. The molecule has 31 heavy (non-hydrogen) atoms. The number of β-amino-alcohol motifs (C(OH)–C–C–N with tert-alkyl or cyclic N) is 1. The summed E-state index contributed by atoms with van der Waals surface area (Å²) in [6, 6.07) is 15.6. The summed E-state index contributed by atoms with van der Waals surface area (Å²) in [7, 11) is 0. The minimum Gasteiger partial charge on any atom is -0.490 e. The van der Waals surface area contributed by atoms with Crippen LogP contribution in [0.3, 0.4) is 0 Å². The van der Waals surface area contributed by atoms with E-state index in [1.165, 1.54) is 42.4 Å². The molecule has 1 aliphatic carbocycles. The molecular weight excluding hydrogens is 386 g/mol. The fourth-order valence-electron chi connectivity index (χ4n) is 5.21. The maximum atomic E-state index is 11.4. The van der Waals surface area contributed by atoms with Crippen molar-refractivity contribution in [1.82, 2.24) is 4.90 Å². The quantitative estimate of drug-likeness (QED) is 0.751. The van der Waals surface area contributed by atoms with Crippen LogP contribution in [-0.4, -0.2) is 54.6 Å². The summed E-state index contributed by atoms with van der Waals surface area (Å²) < 4.78 is 12.0. The van der Waals surface area contributed by atoms with E-state index in [0.29, 0.717) is 31.7 Å². The van der Waals surface area contributed by atoms with Crippen LogP contribution in [0, 0.1) is 20.8 Å². The minimum absolute atomic E-state index is 0.257. The summed E-state index contributed by atoms with van der Waals surface area (Å²) in [6.07, 6.45) is 4.77. The molecule has 1 unspecified atom stereocenters. The maximum Gasteiger partial charge on any atom is 0.134 e. The van der Waals surface area contributed by atoms with Gasteiger partial charge in [-0.1, -0.05) is 36.4 Å². The van der Waals surface area contributed by atoms with Crippen LogP contribution in [-0.2, 0) is 4.74 Å². The van der Waals surface area contributed by atoms with Crippen molar-refractivity contribution in [2.75, 3.05) is 32.9 Å². The van der Waals surface area contributed by atoms with E-state index in [4.69, 9.17) is 9.47 Å². The zero-order chi connectivity index (χ0) is 21.8. The number of hydrogen-bond donors (Lipinski definition) is 1. The minimum atomic E-state index is -0.989. The molecule has 2 aromatic rings. The lowest BCUT2D eigenvalue weighted by Crippen LogP contribution is -2.52. The molecule has 0 radical (unpaired) electrons. The number of benzene rings is 2. The first-order chi connectivity index (χ1) is 14.9. The maximum absolute atomic E-state index is 11.4. The Hall–Kier alpha value is -1.88. The molecule has 1 aliphatic heterocycles. The number of aliphatic hydroxyl groups is 1. The van der Waals surface area contributed by atoms with Crippen molar-refractivity contribution in [1.29, 1.82) is 0 Å². The van der Waals surface area contributed by atoms with Crippen LogP contribution in [0.15, 0.2) is 42.5 Å². The Morgan fingerprint density at radius 2 is 1.81 bits per heavy atom. The highest BCUT2D eigenvalue weighted by molar-refractivity contribution is 5.42. The lowest BCUT2D eigenvalue weighted by Gasteiger charge is -2.39. The molecule has 4 heteroatoms. The molecule has 168 valence electrons. The molecule has 2 aliphatic rings. The summed E-state index contributed by atoms with van der Waals surface area (Å²) >= 11 is 0. The van der Waals surface area contributed by atoms with Gasteiger partial charge in [-0.05, 0) is 80.7 Å². The van der Waals surface area contributed by atoms with Crippen molar-refractivity contribution >= 4 is 0 Å². The largest absolute Gasteiger partial charge is 0.490 e. The van der Waals surface area contributed by atoms with Crippen molar-refractivity contribution in [3.05, 3.63) is 64.7 Å². The summed E-state index contributed by atoms with van der Waals surface area (Å²) in [5, 5.41) is 11.4. The van der Waals surface area contributed by atoms with Crippen molar-refractivity contribution in [2.24, 2.45) is 0 Å². The van der Waals surface area contributed by atoms with E-state index < -0.39 is 5.60 Å². The topological polar surface area (TPSA) is 41.9 Å². The van der Waals surface area contributed by atoms with Gasteiger partial charge in [0.2, 0.25) is 0 Å². The Labute approximate surface area is 187 Å². The van der Waals surface area contributed by atoms with E-state index >= 15 is 0 Å². The van der Waals surface area contributed by atoms with Gasteiger partial charge in [0.25, 0.3) is 0 Å². The fourth-order valence-corrected chi connectivity index (χ4v) is 5.21. The number of rotatable bonds is 5. The van der Waals surface area contributed by atoms with E-state index in [-0.39, 0.29) is 6.61 Å². The standard InChI is InChI=1S/C27H37NO3/c1-20-15-21(2)22(3)26(16-20)31-19-27(29)17-28(13-14-30-18-27)25-11-9-24(10-12-25)23-7-5-4-6-8-23/h4-8,15-16,24-25,29H,9-14,17-19H2,1-3H3. The average molecular weight is 424 g/mol. The Kier molecular flexibility index (Phi) is 7.00. The molecule has 1 saturated carbocycles. The summed E-state index contributed by atoms with van der Waals surface area (Å²) in [5.41, 5.74) is 4.01. The molecule has 1 atom stereocenters. The van der Waals surface area contributed by atoms with Gasteiger partial charge in [-0.25, -0.2) is 0 Å². The predicted octanol–water partition coefficient (Wildman–Crippen LogP) is 4.78. The average Bonchev–Trinajstić information content (AvgIpc) is 2.98. The van der Waals surface area contributed by atoms with Gasteiger partial charge in [-0.2, -0.15) is 0 Å². The molecule has 0 spiro atoms. The highest BCUT2D eigenvalue weighted by atomic mass is 16.5. The van der Waals surface area contributed by atoms with Gasteiger partial charge in [0.1, 0.15) is 18.0 Å². The lowest BCUT2D eigenvalue weighted by molar-refractivity contribution is -0.0684. The van der Waals surface area contributed by atoms with Gasteiger partial charge in [0.15, 0.2) is 0 Å². The van der Waals surface area contributed by atoms with E-state index in [2.05, 4.69) is 68.1 Å². The van der Waals surface area contributed by atoms with Crippen molar-refractivity contribution in [3.8, 4) is 5.75 Å². The predicted molar refractivity (Wildman–Crippen MR) is 125 cm³/mol. The van der Waals surface area contributed by atoms with Crippen molar-refractivity contribution in [3.63, 3.8) is 0 Å². The summed E-state index contributed by atoms with van der Waals surface area (Å²) in [4.78, 5) is 2.45. The molecular formula is C27H37NO3. The van der Waals surface area contributed by atoms with Gasteiger partial charge in [-0.15, -0.1) is 0 Å². The molecule has 2 aromatic carbocycles. The van der Waals surface area contributed by atoms with E-state index in [1.54, 1.807) is 0 Å². The summed E-state index contributed by atoms with van der Waals surface area (Å²) in [6.45, 7) is 9.00. The first-order valence-corrected chi connectivity index (χ1v) is 11.7. The molecule has 1 saturated heterocycles. The highest BCUT2D eigenvalue weighted by Gasteiger charge is 2.37. The van der Waals surface area contributed by atoms with Gasteiger partial charge in [0, 0.05) is 19.1 Å². The monoisotopic (exact) mass is 423 g/mol. The summed E-state index contributed by atoms with van der Waals surface area (Å²) in [5.74, 6) is 1.53. The second-order valence-electron chi connectivity index (χ2n) is 9.66. The third-order valence-electron chi connectivity index (χ3n) is 7.14. The number of aryl methyl sites for hydroxylation is 2. The zero-order valence-corrected chi connectivity index (χ0v) is 19.3. The van der Waals surface area contributed by atoms with E-state index in [1.807, 2.05) is 0 Å². The first-order valence-electron chi connectivity index (χ1n) is 11.7. The fraction of sp³-hybridized carbons (Fsp3) is 0.556. The van der Waals surface area contributed by atoms with E-state index in [9.17, 15) is 5.11 Å². The molecule has 1 N–H and O–H groups in total. The Bertz CT molecular complexity index is 860. The van der Waals surface area contributed by atoms with Gasteiger partial charge in [-0.3, -0.25) is 4.90 Å². The molecule has 0 aromatic heterocycles. The third-order valence-corrected chi connectivity index (χ3v) is 7.14. The Morgan fingerprint density at radius 3 is 2.55 bits per heavy atom. The molecule has 0 amide bonds. The van der Waals surface area contributed by atoms with Crippen LogP contribution in [0.5, 0.6) is 5.75 Å². The smallest absolute Gasteiger partial charge is 0.134 e. The normalized spacial score (nSPS) is 27.6. The van der Waals surface area contributed by atoms with Gasteiger partial charge in [0.05, 0.1) is 13.2 Å². The van der Waals surface area contributed by atoms with Crippen LogP contribution < -0.4 is 4.74 Å².